The Morgan fingerprint density at radius 3 is 2.82 bits per heavy atom. The van der Waals surface area contributed by atoms with E-state index >= 15 is 0 Å². The SMILES string of the molecule is CCN1CCCOC(C)(C)C1. The predicted molar refractivity (Wildman–Crippen MR) is 46.8 cm³/mol. The first kappa shape index (κ1) is 9.01. The zero-order valence-electron chi connectivity index (χ0n) is 7.89. The van der Waals surface area contributed by atoms with Gasteiger partial charge in [0, 0.05) is 19.7 Å². The fraction of sp³-hybridized carbons (Fsp3) is 1.00. The van der Waals surface area contributed by atoms with Crippen LogP contribution in [0.4, 0.5) is 0 Å². The van der Waals surface area contributed by atoms with Gasteiger partial charge in [-0.05, 0) is 26.8 Å². The molecule has 1 rings (SSSR count). The van der Waals surface area contributed by atoms with Crippen molar-refractivity contribution in [2.45, 2.75) is 32.8 Å². The van der Waals surface area contributed by atoms with Gasteiger partial charge in [-0.2, -0.15) is 0 Å². The highest BCUT2D eigenvalue weighted by Gasteiger charge is 2.23. The Labute approximate surface area is 69.5 Å². The molecule has 0 aliphatic carbocycles. The van der Waals surface area contributed by atoms with Gasteiger partial charge in [-0.25, -0.2) is 0 Å². The van der Waals surface area contributed by atoms with Crippen LogP contribution in [0, 0.1) is 0 Å². The Balaban J connectivity index is 2.47. The number of hydrogen-bond acceptors (Lipinski definition) is 2. The normalized spacial score (nSPS) is 26.5. The van der Waals surface area contributed by atoms with Crippen LogP contribution in [0.25, 0.3) is 0 Å². The molecule has 0 amide bonds. The molecule has 1 heterocycles. The van der Waals surface area contributed by atoms with E-state index in [4.69, 9.17) is 4.74 Å². The average molecular weight is 157 g/mol. The van der Waals surface area contributed by atoms with Gasteiger partial charge in [0.15, 0.2) is 0 Å². The van der Waals surface area contributed by atoms with E-state index in [2.05, 4.69) is 25.7 Å². The highest BCUT2D eigenvalue weighted by Crippen LogP contribution is 2.15. The zero-order chi connectivity index (χ0) is 8.32. The van der Waals surface area contributed by atoms with Crippen molar-refractivity contribution in [1.82, 2.24) is 4.90 Å². The van der Waals surface area contributed by atoms with Crippen LogP contribution in [0.5, 0.6) is 0 Å². The second-order valence-electron chi connectivity index (χ2n) is 3.83. The number of nitrogens with zero attached hydrogens (tertiary/aromatic N) is 1. The van der Waals surface area contributed by atoms with E-state index in [0.29, 0.717) is 0 Å². The molecule has 1 saturated heterocycles. The molecule has 0 aromatic carbocycles. The minimum Gasteiger partial charge on any atom is -0.374 e. The largest absolute Gasteiger partial charge is 0.374 e. The molecule has 0 aromatic rings. The maximum atomic E-state index is 5.68. The Morgan fingerprint density at radius 1 is 1.45 bits per heavy atom. The van der Waals surface area contributed by atoms with Gasteiger partial charge in [0.2, 0.25) is 0 Å². The van der Waals surface area contributed by atoms with Crippen molar-refractivity contribution in [2.24, 2.45) is 0 Å². The fourth-order valence-electron chi connectivity index (χ4n) is 1.57. The van der Waals surface area contributed by atoms with Gasteiger partial charge in [0.25, 0.3) is 0 Å². The molecule has 0 unspecified atom stereocenters. The molecule has 2 nitrogen and oxygen atoms in total. The maximum absolute atomic E-state index is 5.68. The molecular weight excluding hydrogens is 138 g/mol. The van der Waals surface area contributed by atoms with E-state index in [-0.39, 0.29) is 5.60 Å². The van der Waals surface area contributed by atoms with Gasteiger partial charge in [-0.1, -0.05) is 6.92 Å². The van der Waals surface area contributed by atoms with Crippen LogP contribution < -0.4 is 0 Å². The highest BCUT2D eigenvalue weighted by molar-refractivity contribution is 4.76. The Bertz CT molecular complexity index is 123. The van der Waals surface area contributed by atoms with E-state index in [1.807, 2.05) is 0 Å². The Hall–Kier alpha value is -0.0800. The lowest BCUT2D eigenvalue weighted by Gasteiger charge is -2.27. The molecule has 0 N–H and O–H groups in total. The second-order valence-corrected chi connectivity index (χ2v) is 3.83. The van der Waals surface area contributed by atoms with Gasteiger partial charge in [0.1, 0.15) is 0 Å². The average Bonchev–Trinajstić information content (AvgIpc) is 2.10. The molecule has 0 saturated carbocycles. The van der Waals surface area contributed by atoms with Crippen molar-refractivity contribution < 1.29 is 4.74 Å². The minimum atomic E-state index is 0.0620. The van der Waals surface area contributed by atoms with Gasteiger partial charge >= 0.3 is 0 Å². The lowest BCUT2D eigenvalue weighted by atomic mass is 10.1. The van der Waals surface area contributed by atoms with Crippen LogP contribution in [0.2, 0.25) is 0 Å². The summed E-state index contributed by atoms with van der Waals surface area (Å²) in [5.74, 6) is 0. The first-order valence-electron chi connectivity index (χ1n) is 4.50. The van der Waals surface area contributed by atoms with E-state index in [0.717, 1.165) is 19.7 Å². The summed E-state index contributed by atoms with van der Waals surface area (Å²) in [6.45, 7) is 10.9. The van der Waals surface area contributed by atoms with Crippen molar-refractivity contribution in [3.63, 3.8) is 0 Å². The van der Waals surface area contributed by atoms with Crippen LogP contribution in [-0.2, 0) is 4.74 Å². The van der Waals surface area contributed by atoms with Gasteiger partial charge < -0.3 is 9.64 Å². The van der Waals surface area contributed by atoms with Crippen LogP contribution in [-0.4, -0.2) is 36.7 Å². The monoisotopic (exact) mass is 157 g/mol. The fourth-order valence-corrected chi connectivity index (χ4v) is 1.57. The molecule has 1 aliphatic heterocycles. The van der Waals surface area contributed by atoms with E-state index in [1.165, 1.54) is 13.0 Å². The summed E-state index contributed by atoms with van der Waals surface area (Å²) in [6.07, 6.45) is 1.18. The Morgan fingerprint density at radius 2 is 2.18 bits per heavy atom. The molecule has 11 heavy (non-hydrogen) atoms. The summed E-state index contributed by atoms with van der Waals surface area (Å²) in [5.41, 5.74) is 0.0620. The molecule has 1 fully saturated rings. The topological polar surface area (TPSA) is 12.5 Å². The van der Waals surface area contributed by atoms with Gasteiger partial charge in [-0.15, -0.1) is 0 Å². The Kier molecular flexibility index (Phi) is 2.90. The summed E-state index contributed by atoms with van der Waals surface area (Å²) in [5, 5.41) is 0. The zero-order valence-corrected chi connectivity index (χ0v) is 7.89. The summed E-state index contributed by atoms with van der Waals surface area (Å²) in [6, 6.07) is 0. The molecule has 2 heteroatoms. The summed E-state index contributed by atoms with van der Waals surface area (Å²) < 4.78 is 5.68. The van der Waals surface area contributed by atoms with Crippen LogP contribution in [0.3, 0.4) is 0 Å². The van der Waals surface area contributed by atoms with Crippen molar-refractivity contribution >= 4 is 0 Å². The number of ether oxygens (including phenoxy) is 1. The smallest absolute Gasteiger partial charge is 0.0752 e. The number of likely N-dealkylation sites (N-methyl/N-ethyl adjacent to an activating group) is 1. The molecule has 66 valence electrons. The van der Waals surface area contributed by atoms with E-state index in [1.54, 1.807) is 0 Å². The molecule has 0 bridgehead atoms. The molecule has 0 radical (unpaired) electrons. The first-order chi connectivity index (χ1) is 5.14. The standard InChI is InChI=1S/C9H19NO/c1-4-10-6-5-7-11-9(2,3)8-10/h4-8H2,1-3H3. The van der Waals surface area contributed by atoms with Gasteiger partial charge in [-0.3, -0.25) is 0 Å². The second kappa shape index (κ2) is 3.55. The third-order valence-corrected chi connectivity index (χ3v) is 2.16. The van der Waals surface area contributed by atoms with Crippen molar-refractivity contribution in [3.05, 3.63) is 0 Å². The minimum absolute atomic E-state index is 0.0620. The highest BCUT2D eigenvalue weighted by atomic mass is 16.5. The lowest BCUT2D eigenvalue weighted by Crippen LogP contribution is -2.38. The molecule has 1 aliphatic rings. The van der Waals surface area contributed by atoms with Crippen LogP contribution in [0.1, 0.15) is 27.2 Å². The summed E-state index contributed by atoms with van der Waals surface area (Å²) >= 11 is 0. The van der Waals surface area contributed by atoms with Crippen molar-refractivity contribution in [1.29, 1.82) is 0 Å². The number of hydrogen-bond donors (Lipinski definition) is 0. The third-order valence-electron chi connectivity index (χ3n) is 2.16. The molecule has 0 atom stereocenters. The van der Waals surface area contributed by atoms with E-state index in [9.17, 15) is 0 Å². The molecule has 0 spiro atoms. The van der Waals surface area contributed by atoms with Gasteiger partial charge in [0.05, 0.1) is 5.60 Å². The predicted octanol–water partition coefficient (Wildman–Crippen LogP) is 1.51. The first-order valence-corrected chi connectivity index (χ1v) is 4.50. The lowest BCUT2D eigenvalue weighted by molar-refractivity contribution is -0.0166. The van der Waals surface area contributed by atoms with Crippen LogP contribution in [0.15, 0.2) is 0 Å². The third kappa shape index (κ3) is 2.80. The molecule has 0 aromatic heterocycles. The van der Waals surface area contributed by atoms with Crippen molar-refractivity contribution in [3.8, 4) is 0 Å². The van der Waals surface area contributed by atoms with E-state index < -0.39 is 0 Å². The quantitative estimate of drug-likeness (QED) is 0.572. The molecular formula is C9H19NO. The summed E-state index contributed by atoms with van der Waals surface area (Å²) in [7, 11) is 0. The van der Waals surface area contributed by atoms with Crippen molar-refractivity contribution in [2.75, 3.05) is 26.2 Å². The summed E-state index contributed by atoms with van der Waals surface area (Å²) in [4.78, 5) is 2.45. The maximum Gasteiger partial charge on any atom is 0.0752 e. The number of rotatable bonds is 1. The van der Waals surface area contributed by atoms with Crippen LogP contribution >= 0.6 is 0 Å².